The van der Waals surface area contributed by atoms with E-state index in [-0.39, 0.29) is 0 Å². The number of nitrogens with zero attached hydrogens (tertiary/aromatic N) is 2. The van der Waals surface area contributed by atoms with Gasteiger partial charge in [-0.25, -0.2) is 4.52 Å². The fraction of sp³-hybridized carbons (Fsp3) is 0. The van der Waals surface area contributed by atoms with Crippen LogP contribution >= 0.6 is 22.6 Å². The molecule has 0 atom stereocenters. The topological polar surface area (TPSA) is 17.3 Å². The van der Waals surface area contributed by atoms with E-state index in [2.05, 4.69) is 27.7 Å². The van der Waals surface area contributed by atoms with Crippen LogP contribution in [0.1, 0.15) is 0 Å². The van der Waals surface area contributed by atoms with Crippen molar-refractivity contribution in [1.82, 2.24) is 9.61 Å². The second-order valence-corrected chi connectivity index (χ2v) is 3.14. The predicted molar refractivity (Wildman–Crippen MR) is 47.9 cm³/mol. The van der Waals surface area contributed by atoms with Gasteiger partial charge in [-0.3, -0.25) is 0 Å². The summed E-state index contributed by atoms with van der Waals surface area (Å²) in [5.41, 5.74) is 1.15. The Bertz CT molecular complexity index is 320. The van der Waals surface area contributed by atoms with E-state index in [1.54, 1.807) is 0 Å². The first-order valence-electron chi connectivity index (χ1n) is 2.96. The van der Waals surface area contributed by atoms with Gasteiger partial charge in [0.15, 0.2) is 0 Å². The maximum absolute atomic E-state index is 4.22. The molecule has 0 aliphatic carbocycles. The van der Waals surface area contributed by atoms with Crippen LogP contribution in [-0.4, -0.2) is 9.61 Å². The molecule has 0 amide bonds. The van der Waals surface area contributed by atoms with Crippen molar-refractivity contribution in [3.63, 3.8) is 0 Å². The molecule has 3 heteroatoms. The number of hydrogen-bond acceptors (Lipinski definition) is 1. The fourth-order valence-electron chi connectivity index (χ4n) is 0.907. The van der Waals surface area contributed by atoms with Gasteiger partial charge in [0, 0.05) is 6.20 Å². The monoisotopic (exact) mass is 244 g/mol. The molecule has 0 radical (unpaired) electrons. The molecule has 0 aliphatic rings. The van der Waals surface area contributed by atoms with Crippen LogP contribution in [0.15, 0.2) is 30.5 Å². The summed E-state index contributed by atoms with van der Waals surface area (Å²) in [6.45, 7) is 0. The number of rotatable bonds is 0. The average Bonchev–Trinajstić information content (AvgIpc) is 2.27. The smallest absolute Gasteiger partial charge is 0.124 e. The minimum Gasteiger partial charge on any atom is -0.240 e. The van der Waals surface area contributed by atoms with Gasteiger partial charge in [0.05, 0.1) is 5.52 Å². The summed E-state index contributed by atoms with van der Waals surface area (Å²) < 4.78 is 2.89. The summed E-state index contributed by atoms with van der Waals surface area (Å²) in [6, 6.07) is 8.05. The maximum atomic E-state index is 4.22. The van der Waals surface area contributed by atoms with Crippen LogP contribution in [0.5, 0.6) is 0 Å². The van der Waals surface area contributed by atoms with E-state index in [9.17, 15) is 0 Å². The normalized spacial score (nSPS) is 10.5. The van der Waals surface area contributed by atoms with E-state index >= 15 is 0 Å². The van der Waals surface area contributed by atoms with Gasteiger partial charge < -0.3 is 0 Å². The summed E-state index contributed by atoms with van der Waals surface area (Å²) in [6.07, 6.45) is 1.94. The van der Waals surface area contributed by atoms with E-state index in [0.29, 0.717) is 0 Å². The Morgan fingerprint density at radius 3 is 3.10 bits per heavy atom. The third kappa shape index (κ3) is 0.901. The Labute approximate surface area is 72.0 Å². The predicted octanol–water partition coefficient (Wildman–Crippen LogP) is 1.94. The Kier molecular flexibility index (Phi) is 1.37. The van der Waals surface area contributed by atoms with Crippen molar-refractivity contribution in [3.8, 4) is 0 Å². The van der Waals surface area contributed by atoms with Crippen LogP contribution in [0, 0.1) is 3.70 Å². The molecule has 0 saturated carbocycles. The number of pyridine rings is 1. The standard InChI is InChI=1S/C7H5IN2/c8-7-5-6-3-1-2-4-10(6)9-7/h1-5H. The Morgan fingerprint density at radius 2 is 2.30 bits per heavy atom. The molecule has 0 spiro atoms. The van der Waals surface area contributed by atoms with Crippen molar-refractivity contribution >= 4 is 28.1 Å². The van der Waals surface area contributed by atoms with Crippen molar-refractivity contribution in [1.29, 1.82) is 0 Å². The lowest BCUT2D eigenvalue weighted by atomic mass is 10.4. The summed E-state index contributed by atoms with van der Waals surface area (Å²) in [5.74, 6) is 0. The summed E-state index contributed by atoms with van der Waals surface area (Å²) in [4.78, 5) is 0. The Hall–Kier alpha value is -0.580. The lowest BCUT2D eigenvalue weighted by molar-refractivity contribution is 0.945. The average molecular weight is 244 g/mol. The van der Waals surface area contributed by atoms with Crippen LogP contribution in [-0.2, 0) is 0 Å². The van der Waals surface area contributed by atoms with E-state index in [0.717, 1.165) is 9.22 Å². The van der Waals surface area contributed by atoms with Gasteiger partial charge in [-0.05, 0) is 40.8 Å². The van der Waals surface area contributed by atoms with E-state index < -0.39 is 0 Å². The number of fused-ring (bicyclic) bond motifs is 1. The lowest BCUT2D eigenvalue weighted by Crippen LogP contribution is -1.83. The molecule has 2 heterocycles. The van der Waals surface area contributed by atoms with Gasteiger partial charge in [0.1, 0.15) is 3.70 Å². The van der Waals surface area contributed by atoms with Gasteiger partial charge in [0.25, 0.3) is 0 Å². The molecule has 0 saturated heterocycles. The molecule has 2 aromatic heterocycles. The first kappa shape index (κ1) is 6.15. The first-order chi connectivity index (χ1) is 4.86. The van der Waals surface area contributed by atoms with Crippen molar-refractivity contribution in [2.45, 2.75) is 0 Å². The van der Waals surface area contributed by atoms with Crippen molar-refractivity contribution in [2.24, 2.45) is 0 Å². The highest BCUT2D eigenvalue weighted by Crippen LogP contribution is 2.06. The molecule has 0 unspecified atom stereocenters. The van der Waals surface area contributed by atoms with Crippen LogP contribution in [0.2, 0.25) is 0 Å². The number of hydrogen-bond donors (Lipinski definition) is 0. The molecule has 50 valence electrons. The van der Waals surface area contributed by atoms with Crippen LogP contribution in [0.3, 0.4) is 0 Å². The Balaban J connectivity index is 2.88. The SMILES string of the molecule is Ic1cc2ccccn2n1. The van der Waals surface area contributed by atoms with E-state index in [1.165, 1.54) is 0 Å². The van der Waals surface area contributed by atoms with Gasteiger partial charge >= 0.3 is 0 Å². The summed E-state index contributed by atoms with van der Waals surface area (Å²) in [5, 5.41) is 4.22. The highest BCUT2D eigenvalue weighted by atomic mass is 127. The molecule has 0 aromatic carbocycles. The molecular weight excluding hydrogens is 239 g/mol. The second kappa shape index (κ2) is 2.23. The zero-order valence-electron chi connectivity index (χ0n) is 5.16. The van der Waals surface area contributed by atoms with Gasteiger partial charge in [-0.1, -0.05) is 6.07 Å². The molecule has 2 rings (SSSR count). The molecular formula is C7H5IN2. The quantitative estimate of drug-likeness (QED) is 0.647. The van der Waals surface area contributed by atoms with Crippen LogP contribution in [0.4, 0.5) is 0 Å². The van der Waals surface area contributed by atoms with Gasteiger partial charge in [-0.15, -0.1) is 0 Å². The van der Waals surface area contributed by atoms with Crippen LogP contribution < -0.4 is 0 Å². The van der Waals surface area contributed by atoms with Gasteiger partial charge in [-0.2, -0.15) is 5.10 Å². The highest BCUT2D eigenvalue weighted by Gasteiger charge is 1.93. The minimum absolute atomic E-state index is 1.03. The zero-order valence-corrected chi connectivity index (χ0v) is 7.32. The molecule has 2 nitrogen and oxygen atoms in total. The van der Waals surface area contributed by atoms with Crippen molar-refractivity contribution < 1.29 is 0 Å². The third-order valence-corrected chi connectivity index (χ3v) is 1.87. The van der Waals surface area contributed by atoms with E-state index in [4.69, 9.17) is 0 Å². The number of aromatic nitrogens is 2. The molecule has 2 aromatic rings. The van der Waals surface area contributed by atoms with Crippen molar-refractivity contribution in [2.75, 3.05) is 0 Å². The zero-order chi connectivity index (χ0) is 6.97. The first-order valence-corrected chi connectivity index (χ1v) is 4.04. The van der Waals surface area contributed by atoms with E-state index in [1.807, 2.05) is 35.0 Å². The molecule has 10 heavy (non-hydrogen) atoms. The highest BCUT2D eigenvalue weighted by molar-refractivity contribution is 14.1. The molecule has 0 bridgehead atoms. The summed E-state index contributed by atoms with van der Waals surface area (Å²) in [7, 11) is 0. The minimum atomic E-state index is 1.03. The molecule has 0 N–H and O–H groups in total. The third-order valence-electron chi connectivity index (χ3n) is 1.34. The van der Waals surface area contributed by atoms with Crippen LogP contribution in [0.25, 0.3) is 5.52 Å². The summed E-state index contributed by atoms with van der Waals surface area (Å²) >= 11 is 2.20. The Morgan fingerprint density at radius 1 is 1.40 bits per heavy atom. The fourth-order valence-corrected chi connectivity index (χ4v) is 1.46. The van der Waals surface area contributed by atoms with Gasteiger partial charge in [0.2, 0.25) is 0 Å². The lowest BCUT2D eigenvalue weighted by Gasteiger charge is -1.86. The molecule has 0 aliphatic heterocycles. The largest absolute Gasteiger partial charge is 0.240 e. The molecule has 0 fully saturated rings. The van der Waals surface area contributed by atoms with Crippen molar-refractivity contribution in [3.05, 3.63) is 34.2 Å². The maximum Gasteiger partial charge on any atom is 0.124 e. The second-order valence-electron chi connectivity index (χ2n) is 2.04. The number of halogens is 1.